The molecule has 1 aliphatic heterocycles. The van der Waals surface area contributed by atoms with E-state index in [1.165, 1.54) is 7.11 Å². The van der Waals surface area contributed by atoms with Crippen LogP contribution in [0.25, 0.3) is 0 Å². The topological polar surface area (TPSA) is 84.7 Å². The minimum absolute atomic E-state index is 0. The van der Waals surface area contributed by atoms with E-state index in [0.717, 1.165) is 0 Å². The average Bonchev–Trinajstić information content (AvgIpc) is 2.34. The zero-order valence-electron chi connectivity index (χ0n) is 11.7. The predicted octanol–water partition coefficient (Wildman–Crippen LogP) is -0.245. The van der Waals surface area contributed by atoms with Crippen molar-refractivity contribution in [3.8, 4) is 0 Å². The average molecular weight is 294 g/mol. The van der Waals surface area contributed by atoms with Gasteiger partial charge in [-0.3, -0.25) is 9.59 Å². The van der Waals surface area contributed by atoms with Crippen LogP contribution < -0.4 is 11.1 Å². The Bertz CT molecular complexity index is 309. The predicted molar refractivity (Wildman–Crippen MR) is 75.1 cm³/mol. The van der Waals surface area contributed by atoms with Gasteiger partial charge in [-0.1, -0.05) is 13.8 Å². The molecule has 7 heteroatoms. The van der Waals surface area contributed by atoms with E-state index >= 15 is 0 Å². The van der Waals surface area contributed by atoms with E-state index in [0.29, 0.717) is 19.6 Å². The summed E-state index contributed by atoms with van der Waals surface area (Å²) in [5.74, 6) is -0.0553. The maximum Gasteiger partial charge on any atom is 0.243 e. The van der Waals surface area contributed by atoms with Gasteiger partial charge in [0.1, 0.15) is 6.04 Å². The molecule has 112 valence electrons. The molecule has 1 saturated heterocycles. The third-order valence-corrected chi connectivity index (χ3v) is 3.21. The molecule has 1 rings (SSSR count). The van der Waals surface area contributed by atoms with Crippen molar-refractivity contribution in [2.75, 3.05) is 26.7 Å². The number of rotatable bonds is 5. The summed E-state index contributed by atoms with van der Waals surface area (Å²) in [6.07, 6.45) is -0.0564. The third-order valence-electron chi connectivity index (χ3n) is 3.21. The van der Waals surface area contributed by atoms with E-state index in [1.807, 2.05) is 13.8 Å². The zero-order chi connectivity index (χ0) is 13.7. The Morgan fingerprint density at radius 2 is 2.21 bits per heavy atom. The first-order valence-corrected chi connectivity index (χ1v) is 6.31. The van der Waals surface area contributed by atoms with Crippen molar-refractivity contribution in [2.24, 2.45) is 11.7 Å². The summed E-state index contributed by atoms with van der Waals surface area (Å²) >= 11 is 0. The Kier molecular flexibility index (Phi) is 7.97. The molecule has 2 amide bonds. The number of nitrogens with two attached hydrogens (primary N) is 1. The molecule has 19 heavy (non-hydrogen) atoms. The summed E-state index contributed by atoms with van der Waals surface area (Å²) < 4.78 is 5.11. The first kappa shape index (κ1) is 18.1. The van der Waals surface area contributed by atoms with Gasteiger partial charge in [-0.05, 0) is 5.92 Å². The number of ether oxygens (including phenoxy) is 1. The third kappa shape index (κ3) is 4.63. The maximum absolute atomic E-state index is 12.2. The number of amides is 2. The monoisotopic (exact) mass is 293 g/mol. The van der Waals surface area contributed by atoms with Crippen LogP contribution in [-0.4, -0.2) is 55.6 Å². The Labute approximate surface area is 120 Å². The number of hydrogen-bond acceptors (Lipinski definition) is 4. The van der Waals surface area contributed by atoms with Gasteiger partial charge in [0.2, 0.25) is 11.8 Å². The Morgan fingerprint density at radius 1 is 1.58 bits per heavy atom. The number of carbonyl (C=O) groups is 2. The molecule has 0 saturated carbocycles. The van der Waals surface area contributed by atoms with Crippen molar-refractivity contribution in [3.63, 3.8) is 0 Å². The molecular formula is C12H24ClN3O3. The molecule has 6 nitrogen and oxygen atoms in total. The highest BCUT2D eigenvalue weighted by Crippen LogP contribution is 2.16. The number of nitrogens with one attached hydrogen (secondary N) is 1. The van der Waals surface area contributed by atoms with Gasteiger partial charge in [0.05, 0.1) is 12.5 Å². The maximum atomic E-state index is 12.2. The standard InChI is InChI=1S/C12H23N3O3.ClH/c1-8(2)11-12(17)14-4-5-15(11)10(16)6-9(7-13)18-3;/h8-9,11H,4-7,13H2,1-3H3,(H,14,17);1H. The first-order chi connectivity index (χ1) is 8.51. The Hall–Kier alpha value is -0.850. The summed E-state index contributed by atoms with van der Waals surface area (Å²) in [5, 5.41) is 2.79. The van der Waals surface area contributed by atoms with Gasteiger partial charge in [-0.25, -0.2) is 0 Å². The lowest BCUT2D eigenvalue weighted by Gasteiger charge is -2.37. The molecule has 1 heterocycles. The summed E-state index contributed by atoms with van der Waals surface area (Å²) in [6.45, 7) is 5.23. The molecule has 0 bridgehead atoms. The van der Waals surface area contributed by atoms with Crippen LogP contribution in [0.15, 0.2) is 0 Å². The van der Waals surface area contributed by atoms with Crippen LogP contribution in [-0.2, 0) is 14.3 Å². The van der Waals surface area contributed by atoms with Crippen LogP contribution >= 0.6 is 12.4 Å². The van der Waals surface area contributed by atoms with E-state index in [2.05, 4.69) is 5.32 Å². The molecule has 2 unspecified atom stereocenters. The number of nitrogens with zero attached hydrogens (tertiary/aromatic N) is 1. The van der Waals surface area contributed by atoms with E-state index in [9.17, 15) is 9.59 Å². The molecule has 1 aliphatic rings. The number of piperazine rings is 1. The van der Waals surface area contributed by atoms with Gasteiger partial charge in [0.25, 0.3) is 0 Å². The lowest BCUT2D eigenvalue weighted by atomic mass is 9.99. The number of hydrogen-bond donors (Lipinski definition) is 2. The van der Waals surface area contributed by atoms with E-state index in [4.69, 9.17) is 10.5 Å². The molecule has 0 radical (unpaired) electrons. The van der Waals surface area contributed by atoms with Crippen LogP contribution in [0.4, 0.5) is 0 Å². The lowest BCUT2D eigenvalue weighted by molar-refractivity contribution is -0.146. The van der Waals surface area contributed by atoms with E-state index < -0.39 is 0 Å². The van der Waals surface area contributed by atoms with Gasteiger partial charge in [0.15, 0.2) is 0 Å². The van der Waals surface area contributed by atoms with E-state index in [-0.39, 0.29) is 48.7 Å². The second-order valence-electron chi connectivity index (χ2n) is 4.86. The first-order valence-electron chi connectivity index (χ1n) is 6.31. The number of methoxy groups -OCH3 is 1. The molecule has 0 aromatic carbocycles. The van der Waals surface area contributed by atoms with Crippen LogP contribution in [0.5, 0.6) is 0 Å². The minimum Gasteiger partial charge on any atom is -0.380 e. The molecule has 0 aromatic heterocycles. The van der Waals surface area contributed by atoms with Gasteiger partial charge in [-0.2, -0.15) is 0 Å². The van der Waals surface area contributed by atoms with Crippen molar-refractivity contribution in [1.82, 2.24) is 10.2 Å². The second-order valence-corrected chi connectivity index (χ2v) is 4.86. The van der Waals surface area contributed by atoms with Crippen molar-refractivity contribution >= 4 is 24.2 Å². The highest BCUT2D eigenvalue weighted by molar-refractivity contribution is 5.89. The van der Waals surface area contributed by atoms with Gasteiger partial charge < -0.3 is 20.7 Å². The van der Waals surface area contributed by atoms with E-state index in [1.54, 1.807) is 4.90 Å². The second kappa shape index (κ2) is 8.35. The SMILES string of the molecule is COC(CN)CC(=O)N1CCNC(=O)C1C(C)C.Cl. The fourth-order valence-corrected chi connectivity index (χ4v) is 2.20. The molecular weight excluding hydrogens is 270 g/mol. The van der Waals surface area contributed by atoms with Crippen molar-refractivity contribution in [1.29, 1.82) is 0 Å². The summed E-state index contributed by atoms with van der Waals surface area (Å²) in [5.41, 5.74) is 5.51. The lowest BCUT2D eigenvalue weighted by Crippen LogP contribution is -2.59. The van der Waals surface area contributed by atoms with Crippen LogP contribution in [0, 0.1) is 5.92 Å². The molecule has 0 spiro atoms. The minimum atomic E-state index is -0.387. The normalized spacial score (nSPS) is 20.8. The fraction of sp³-hybridized carbons (Fsp3) is 0.833. The largest absolute Gasteiger partial charge is 0.380 e. The Morgan fingerprint density at radius 3 is 2.68 bits per heavy atom. The smallest absolute Gasteiger partial charge is 0.243 e. The number of carbonyl (C=O) groups excluding carboxylic acids is 2. The Balaban J connectivity index is 0.00000324. The fourth-order valence-electron chi connectivity index (χ4n) is 2.20. The van der Waals surface area contributed by atoms with Gasteiger partial charge in [0, 0.05) is 26.7 Å². The van der Waals surface area contributed by atoms with Crippen LogP contribution in [0.2, 0.25) is 0 Å². The van der Waals surface area contributed by atoms with Crippen molar-refractivity contribution in [3.05, 3.63) is 0 Å². The summed E-state index contributed by atoms with van der Waals surface area (Å²) in [7, 11) is 1.54. The van der Waals surface area contributed by atoms with Crippen molar-refractivity contribution < 1.29 is 14.3 Å². The molecule has 0 aliphatic carbocycles. The molecule has 3 N–H and O–H groups in total. The van der Waals surface area contributed by atoms with Gasteiger partial charge >= 0.3 is 0 Å². The summed E-state index contributed by atoms with van der Waals surface area (Å²) in [6, 6.07) is -0.387. The zero-order valence-corrected chi connectivity index (χ0v) is 12.5. The highest BCUT2D eigenvalue weighted by atomic mass is 35.5. The summed E-state index contributed by atoms with van der Waals surface area (Å²) in [4.78, 5) is 25.7. The molecule has 1 fully saturated rings. The van der Waals surface area contributed by atoms with Crippen LogP contribution in [0.3, 0.4) is 0 Å². The van der Waals surface area contributed by atoms with Crippen LogP contribution in [0.1, 0.15) is 20.3 Å². The molecule has 2 atom stereocenters. The quantitative estimate of drug-likeness (QED) is 0.732. The number of halogens is 1. The van der Waals surface area contributed by atoms with Crippen molar-refractivity contribution in [2.45, 2.75) is 32.4 Å². The molecule has 0 aromatic rings. The van der Waals surface area contributed by atoms with Gasteiger partial charge in [-0.15, -0.1) is 12.4 Å². The highest BCUT2D eigenvalue weighted by Gasteiger charge is 2.35.